The third-order valence-corrected chi connectivity index (χ3v) is 6.73. The van der Waals surface area contributed by atoms with Crippen molar-refractivity contribution in [2.75, 3.05) is 20.3 Å². The van der Waals surface area contributed by atoms with Crippen LogP contribution >= 0.6 is 0 Å². The summed E-state index contributed by atoms with van der Waals surface area (Å²) in [5, 5.41) is 0. The summed E-state index contributed by atoms with van der Waals surface area (Å²) in [5.41, 5.74) is 2.99. The lowest BCUT2D eigenvalue weighted by Crippen LogP contribution is -2.19. The van der Waals surface area contributed by atoms with Gasteiger partial charge in [-0.05, 0) is 68.1 Å². The second-order valence-electron chi connectivity index (χ2n) is 9.32. The zero-order chi connectivity index (χ0) is 27.0. The van der Waals surface area contributed by atoms with Crippen molar-refractivity contribution in [2.45, 2.75) is 32.6 Å². The molecule has 2 aromatic carbocycles. The number of aromatic nitrogens is 2. The Labute approximate surface area is 217 Å². The molecule has 0 atom stereocenters. The Balaban J connectivity index is 1.67. The molecule has 0 aliphatic carbocycles. The quantitative estimate of drug-likeness (QED) is 0.312. The molecule has 0 unspecified atom stereocenters. The molecular weight excluding hydrogens is 494 g/mol. The standard InChI is InChI=1S/C29H26F2N2O5/c1-16-12-20(29(35)36-3)13-17(2)26(16)33-15-19(4-7-24(33)34)25-27(22-6-5-21(30)14-23(22)31)38-28(32-25)18-8-10-37-11-9-18/h4-7,12-15,18H,8-11H2,1-3H3. The highest BCUT2D eigenvalue weighted by atomic mass is 19.1. The predicted molar refractivity (Wildman–Crippen MR) is 136 cm³/mol. The van der Waals surface area contributed by atoms with Gasteiger partial charge < -0.3 is 13.9 Å². The molecule has 0 N–H and O–H groups in total. The number of aryl methyl sites for hydroxylation is 2. The highest BCUT2D eigenvalue weighted by Crippen LogP contribution is 2.38. The maximum absolute atomic E-state index is 14.9. The second-order valence-corrected chi connectivity index (χ2v) is 9.32. The number of hydrogen-bond donors (Lipinski definition) is 0. The molecule has 1 aliphatic rings. The van der Waals surface area contributed by atoms with Crippen molar-refractivity contribution in [2.24, 2.45) is 0 Å². The second kappa shape index (κ2) is 10.3. The number of esters is 1. The molecule has 38 heavy (non-hydrogen) atoms. The maximum atomic E-state index is 14.9. The average molecular weight is 521 g/mol. The van der Waals surface area contributed by atoms with E-state index < -0.39 is 17.6 Å². The van der Waals surface area contributed by atoms with Crippen LogP contribution in [-0.2, 0) is 9.47 Å². The number of carbonyl (C=O) groups is 1. The number of hydrogen-bond acceptors (Lipinski definition) is 6. The predicted octanol–water partition coefficient (Wildman–Crippen LogP) is 5.74. The number of halogens is 2. The number of rotatable bonds is 5. The number of methoxy groups -OCH3 is 1. The molecule has 1 fully saturated rings. The average Bonchev–Trinajstić information content (AvgIpc) is 3.34. The Hall–Kier alpha value is -4.11. The Bertz CT molecular complexity index is 1560. The van der Waals surface area contributed by atoms with Crippen LogP contribution in [0.5, 0.6) is 0 Å². The minimum atomic E-state index is -0.778. The number of benzene rings is 2. The molecule has 0 amide bonds. The first-order valence-corrected chi connectivity index (χ1v) is 12.2. The molecule has 9 heteroatoms. The summed E-state index contributed by atoms with van der Waals surface area (Å²) in [5.74, 6) is -1.37. The monoisotopic (exact) mass is 520 g/mol. The fourth-order valence-electron chi connectivity index (χ4n) is 4.88. The maximum Gasteiger partial charge on any atom is 0.337 e. The molecule has 0 saturated carbocycles. The van der Waals surface area contributed by atoms with Gasteiger partial charge in [0.25, 0.3) is 5.56 Å². The molecule has 7 nitrogen and oxygen atoms in total. The van der Waals surface area contributed by atoms with E-state index in [1.165, 1.54) is 23.8 Å². The molecule has 1 aliphatic heterocycles. The first-order valence-electron chi connectivity index (χ1n) is 12.2. The fraction of sp³-hybridized carbons (Fsp3) is 0.276. The van der Waals surface area contributed by atoms with E-state index >= 15 is 0 Å². The molecule has 3 heterocycles. The summed E-state index contributed by atoms with van der Waals surface area (Å²) in [6.07, 6.45) is 3.03. The van der Waals surface area contributed by atoms with Crippen molar-refractivity contribution in [3.05, 3.63) is 93.2 Å². The smallest absolute Gasteiger partial charge is 0.337 e. The van der Waals surface area contributed by atoms with Crippen molar-refractivity contribution in [3.8, 4) is 28.3 Å². The Kier molecular flexibility index (Phi) is 6.94. The summed E-state index contributed by atoms with van der Waals surface area (Å²) in [6.45, 7) is 4.72. The number of ether oxygens (including phenoxy) is 2. The first kappa shape index (κ1) is 25.5. The number of carbonyl (C=O) groups excluding carboxylic acids is 1. The molecule has 5 rings (SSSR count). The van der Waals surface area contributed by atoms with Gasteiger partial charge in [0.2, 0.25) is 0 Å². The van der Waals surface area contributed by atoms with E-state index in [1.807, 2.05) is 0 Å². The minimum absolute atomic E-state index is 0.0129. The van der Waals surface area contributed by atoms with Crippen LogP contribution in [0.2, 0.25) is 0 Å². The van der Waals surface area contributed by atoms with Crippen molar-refractivity contribution in [1.82, 2.24) is 9.55 Å². The first-order chi connectivity index (χ1) is 18.3. The summed E-state index contributed by atoms with van der Waals surface area (Å²) >= 11 is 0. The van der Waals surface area contributed by atoms with Gasteiger partial charge in [0.15, 0.2) is 11.7 Å². The molecule has 196 valence electrons. The van der Waals surface area contributed by atoms with Crippen LogP contribution in [-0.4, -0.2) is 35.8 Å². The summed E-state index contributed by atoms with van der Waals surface area (Å²) in [4.78, 5) is 29.8. The molecule has 0 bridgehead atoms. The number of oxazole rings is 1. The van der Waals surface area contributed by atoms with Gasteiger partial charge in [-0.15, -0.1) is 0 Å². The van der Waals surface area contributed by atoms with Crippen molar-refractivity contribution in [1.29, 1.82) is 0 Å². The van der Waals surface area contributed by atoms with Crippen LogP contribution in [0.1, 0.15) is 46.1 Å². The van der Waals surface area contributed by atoms with Gasteiger partial charge >= 0.3 is 5.97 Å². The van der Waals surface area contributed by atoms with Gasteiger partial charge in [-0.1, -0.05) is 0 Å². The lowest BCUT2D eigenvalue weighted by molar-refractivity contribution is 0.0600. The number of pyridine rings is 1. The van der Waals surface area contributed by atoms with Crippen LogP contribution in [0, 0.1) is 25.5 Å². The topological polar surface area (TPSA) is 83.6 Å². The molecule has 2 aromatic heterocycles. The highest BCUT2D eigenvalue weighted by molar-refractivity contribution is 5.90. The SMILES string of the molecule is COC(=O)c1cc(C)c(-n2cc(-c3nc(C4CCOCC4)oc3-c3ccc(F)cc3F)ccc2=O)c(C)c1. The zero-order valence-corrected chi connectivity index (χ0v) is 21.2. The fourth-order valence-corrected chi connectivity index (χ4v) is 4.88. The number of nitrogens with zero attached hydrogens (tertiary/aromatic N) is 2. The van der Waals surface area contributed by atoms with Gasteiger partial charge in [0.1, 0.15) is 17.3 Å². The molecule has 0 spiro atoms. The Morgan fingerprint density at radius 1 is 1.05 bits per heavy atom. The van der Waals surface area contributed by atoms with Crippen LogP contribution in [0.15, 0.2) is 57.9 Å². The Morgan fingerprint density at radius 3 is 2.42 bits per heavy atom. The molecule has 0 radical (unpaired) electrons. The highest BCUT2D eigenvalue weighted by Gasteiger charge is 2.27. The summed E-state index contributed by atoms with van der Waals surface area (Å²) in [7, 11) is 1.31. The van der Waals surface area contributed by atoms with E-state index in [0.29, 0.717) is 65.6 Å². The largest absolute Gasteiger partial charge is 0.465 e. The van der Waals surface area contributed by atoms with Gasteiger partial charge in [0, 0.05) is 43.0 Å². The molecule has 4 aromatic rings. The molecular formula is C29H26F2N2O5. The van der Waals surface area contributed by atoms with Crippen molar-refractivity contribution < 1.29 is 27.5 Å². The normalized spacial score (nSPS) is 14.0. The van der Waals surface area contributed by atoms with Crippen molar-refractivity contribution in [3.63, 3.8) is 0 Å². The van der Waals surface area contributed by atoms with Gasteiger partial charge in [-0.2, -0.15) is 0 Å². The lowest BCUT2D eigenvalue weighted by Gasteiger charge is -2.18. The van der Waals surface area contributed by atoms with Crippen LogP contribution in [0.3, 0.4) is 0 Å². The van der Waals surface area contributed by atoms with Gasteiger partial charge in [0.05, 0.1) is 23.9 Å². The van der Waals surface area contributed by atoms with E-state index in [0.717, 1.165) is 12.1 Å². The van der Waals surface area contributed by atoms with E-state index in [4.69, 9.17) is 18.9 Å². The van der Waals surface area contributed by atoms with E-state index in [2.05, 4.69) is 0 Å². The van der Waals surface area contributed by atoms with E-state index in [9.17, 15) is 18.4 Å². The van der Waals surface area contributed by atoms with E-state index in [1.54, 1.807) is 38.2 Å². The van der Waals surface area contributed by atoms with Gasteiger partial charge in [-0.3, -0.25) is 9.36 Å². The lowest BCUT2D eigenvalue weighted by atomic mass is 10.0. The molecule has 1 saturated heterocycles. The third kappa shape index (κ3) is 4.77. The third-order valence-electron chi connectivity index (χ3n) is 6.73. The zero-order valence-electron chi connectivity index (χ0n) is 21.2. The summed E-state index contributed by atoms with van der Waals surface area (Å²) < 4.78 is 46.4. The van der Waals surface area contributed by atoms with E-state index in [-0.39, 0.29) is 22.8 Å². The Morgan fingerprint density at radius 2 is 1.76 bits per heavy atom. The van der Waals surface area contributed by atoms with Crippen LogP contribution in [0.4, 0.5) is 8.78 Å². The summed E-state index contributed by atoms with van der Waals surface area (Å²) in [6, 6.07) is 9.59. The van der Waals surface area contributed by atoms with Crippen LogP contribution < -0.4 is 5.56 Å². The van der Waals surface area contributed by atoms with Gasteiger partial charge in [-0.25, -0.2) is 18.6 Å². The van der Waals surface area contributed by atoms with Crippen LogP contribution in [0.25, 0.3) is 28.3 Å². The minimum Gasteiger partial charge on any atom is -0.465 e. The van der Waals surface area contributed by atoms with Crippen molar-refractivity contribution >= 4 is 5.97 Å².